The number of nitrogens with zero attached hydrogens (tertiary/aromatic N) is 4. The Bertz CT molecular complexity index is 1110. The average Bonchev–Trinajstić information content (AvgIpc) is 3.13. The van der Waals surface area contributed by atoms with Gasteiger partial charge in [-0.25, -0.2) is 4.79 Å². The molecule has 0 bridgehead atoms. The number of esters is 1. The molecule has 2 heterocycles. The summed E-state index contributed by atoms with van der Waals surface area (Å²) >= 11 is 1.29. The lowest BCUT2D eigenvalue weighted by molar-refractivity contribution is 0.0601. The third kappa shape index (κ3) is 3.05. The first kappa shape index (κ1) is 17.6. The van der Waals surface area contributed by atoms with Gasteiger partial charge in [0.05, 0.1) is 35.6 Å². The molecule has 0 aliphatic rings. The third-order valence-electron chi connectivity index (χ3n) is 3.87. The molecule has 7 nitrogen and oxygen atoms in total. The van der Waals surface area contributed by atoms with Gasteiger partial charge in [-0.2, -0.15) is 10.1 Å². The van der Waals surface area contributed by atoms with E-state index < -0.39 is 11.9 Å². The number of aryl methyl sites for hydroxylation is 2. The predicted molar refractivity (Wildman–Crippen MR) is 97.8 cm³/mol. The summed E-state index contributed by atoms with van der Waals surface area (Å²) < 4.78 is 8.80. The van der Waals surface area contributed by atoms with E-state index >= 15 is 0 Å². The number of methoxy groups -OCH3 is 1. The molecule has 132 valence electrons. The van der Waals surface area contributed by atoms with Crippen LogP contribution in [-0.2, 0) is 18.3 Å². The Balaban J connectivity index is 2.18. The van der Waals surface area contributed by atoms with Gasteiger partial charge in [0.1, 0.15) is 5.69 Å². The number of hydrogen-bond donors (Lipinski definition) is 0. The highest BCUT2D eigenvalue weighted by molar-refractivity contribution is 7.16. The van der Waals surface area contributed by atoms with Crippen LogP contribution >= 0.6 is 11.3 Å². The van der Waals surface area contributed by atoms with Crippen LogP contribution in [0.4, 0.5) is 0 Å². The molecule has 0 radical (unpaired) electrons. The molecule has 3 aromatic rings. The van der Waals surface area contributed by atoms with Crippen LogP contribution in [0.2, 0.25) is 0 Å². The molecular formula is C18H16N4O3S. The van der Waals surface area contributed by atoms with E-state index in [2.05, 4.69) is 16.0 Å². The molecule has 0 aliphatic carbocycles. The average molecular weight is 368 g/mol. The minimum Gasteiger partial charge on any atom is -0.465 e. The van der Waals surface area contributed by atoms with Crippen molar-refractivity contribution in [1.82, 2.24) is 14.3 Å². The second-order valence-electron chi connectivity index (χ2n) is 5.57. The van der Waals surface area contributed by atoms with Crippen molar-refractivity contribution in [3.8, 4) is 12.3 Å². The zero-order valence-electron chi connectivity index (χ0n) is 14.5. The number of carbonyl (C=O) groups is 2. The predicted octanol–water partition coefficient (Wildman–Crippen LogP) is 1.91. The van der Waals surface area contributed by atoms with Crippen molar-refractivity contribution in [2.24, 2.45) is 12.0 Å². The molecule has 1 amide bonds. The normalized spacial score (nSPS) is 11.5. The maximum absolute atomic E-state index is 12.6. The van der Waals surface area contributed by atoms with Gasteiger partial charge in [0.15, 0.2) is 4.80 Å². The van der Waals surface area contributed by atoms with Gasteiger partial charge in [0.2, 0.25) is 0 Å². The number of aromatic nitrogens is 3. The summed E-state index contributed by atoms with van der Waals surface area (Å²) in [7, 11) is 3.02. The molecule has 0 unspecified atom stereocenters. The summed E-state index contributed by atoms with van der Waals surface area (Å²) in [5.74, 6) is 1.75. The molecule has 8 heteroatoms. The van der Waals surface area contributed by atoms with Gasteiger partial charge in [-0.3, -0.25) is 9.48 Å². The third-order valence-corrected chi connectivity index (χ3v) is 4.92. The number of thiazole rings is 1. The Kier molecular flexibility index (Phi) is 4.73. The van der Waals surface area contributed by atoms with Crippen LogP contribution in [0.5, 0.6) is 0 Å². The number of terminal acetylenes is 1. The largest absolute Gasteiger partial charge is 0.465 e. The molecule has 0 saturated heterocycles. The Morgan fingerprint density at radius 2 is 2.19 bits per heavy atom. The highest BCUT2D eigenvalue weighted by atomic mass is 32.1. The van der Waals surface area contributed by atoms with Gasteiger partial charge in [-0.15, -0.1) is 6.42 Å². The van der Waals surface area contributed by atoms with E-state index in [0.717, 1.165) is 15.8 Å². The van der Waals surface area contributed by atoms with Crippen molar-refractivity contribution in [2.45, 2.75) is 13.5 Å². The number of hydrogen-bond acceptors (Lipinski definition) is 5. The minimum atomic E-state index is -0.427. The Morgan fingerprint density at radius 3 is 2.81 bits per heavy atom. The van der Waals surface area contributed by atoms with Crippen LogP contribution in [0, 0.1) is 19.3 Å². The van der Waals surface area contributed by atoms with E-state index in [0.29, 0.717) is 16.1 Å². The summed E-state index contributed by atoms with van der Waals surface area (Å²) in [6.07, 6.45) is 7.09. The topological polar surface area (TPSA) is 78.5 Å². The molecule has 0 N–H and O–H groups in total. The van der Waals surface area contributed by atoms with E-state index in [1.54, 1.807) is 42.9 Å². The fraction of sp³-hybridized carbons (Fsp3) is 0.222. The lowest BCUT2D eigenvalue weighted by Crippen LogP contribution is -2.18. The summed E-state index contributed by atoms with van der Waals surface area (Å²) in [6, 6.07) is 5.14. The van der Waals surface area contributed by atoms with Crippen LogP contribution < -0.4 is 4.80 Å². The van der Waals surface area contributed by atoms with Crippen LogP contribution in [-0.4, -0.2) is 33.3 Å². The van der Waals surface area contributed by atoms with E-state index in [9.17, 15) is 9.59 Å². The maximum Gasteiger partial charge on any atom is 0.337 e. The first-order chi connectivity index (χ1) is 12.5. The van der Waals surface area contributed by atoms with Gasteiger partial charge >= 0.3 is 5.97 Å². The molecule has 3 rings (SSSR count). The van der Waals surface area contributed by atoms with Crippen LogP contribution in [0.15, 0.2) is 29.4 Å². The molecule has 26 heavy (non-hydrogen) atoms. The number of rotatable bonds is 3. The fourth-order valence-electron chi connectivity index (χ4n) is 2.64. The number of amides is 1. The highest BCUT2D eigenvalue weighted by Gasteiger charge is 2.15. The second-order valence-corrected chi connectivity index (χ2v) is 6.57. The zero-order valence-corrected chi connectivity index (χ0v) is 15.3. The Morgan fingerprint density at radius 1 is 1.42 bits per heavy atom. The van der Waals surface area contributed by atoms with E-state index in [1.807, 2.05) is 0 Å². The molecule has 1 aromatic carbocycles. The van der Waals surface area contributed by atoms with Crippen molar-refractivity contribution >= 4 is 33.4 Å². The molecule has 0 atom stereocenters. The second kappa shape index (κ2) is 6.98. The van der Waals surface area contributed by atoms with Crippen LogP contribution in [0.3, 0.4) is 0 Å². The number of fused-ring (bicyclic) bond motifs is 1. The lowest BCUT2D eigenvalue weighted by atomic mass is 10.2. The van der Waals surface area contributed by atoms with Gasteiger partial charge in [-0.05, 0) is 25.1 Å². The van der Waals surface area contributed by atoms with Gasteiger partial charge < -0.3 is 9.30 Å². The smallest absolute Gasteiger partial charge is 0.337 e. The first-order valence-electron chi connectivity index (χ1n) is 7.69. The quantitative estimate of drug-likeness (QED) is 0.523. The SMILES string of the molecule is C#CCn1c(=NC(=O)c2c(C)cnn2C)sc2cc(C(=O)OC)ccc21. The standard InChI is InChI=1S/C18H16N4O3S/c1-5-8-22-13-7-6-12(17(24)25-4)9-14(13)26-18(22)20-16(23)15-11(2)10-19-21(15)3/h1,6-7,9-10H,8H2,2-4H3. The minimum absolute atomic E-state index is 0.258. The summed E-state index contributed by atoms with van der Waals surface area (Å²) in [4.78, 5) is 29.1. The van der Waals surface area contributed by atoms with Gasteiger partial charge in [0.25, 0.3) is 5.91 Å². The van der Waals surface area contributed by atoms with Crippen LogP contribution in [0.1, 0.15) is 26.4 Å². The maximum atomic E-state index is 12.6. The van der Waals surface area contributed by atoms with Crippen molar-refractivity contribution in [3.05, 3.63) is 46.0 Å². The van der Waals surface area contributed by atoms with E-state index in [-0.39, 0.29) is 6.54 Å². The van der Waals surface area contributed by atoms with E-state index in [1.165, 1.54) is 23.1 Å². The highest BCUT2D eigenvalue weighted by Crippen LogP contribution is 2.20. The zero-order chi connectivity index (χ0) is 18.8. The van der Waals surface area contributed by atoms with Gasteiger partial charge in [0, 0.05) is 12.6 Å². The molecule has 2 aromatic heterocycles. The van der Waals surface area contributed by atoms with Crippen LogP contribution in [0.25, 0.3) is 10.2 Å². The van der Waals surface area contributed by atoms with Crippen molar-refractivity contribution in [1.29, 1.82) is 0 Å². The fourth-order valence-corrected chi connectivity index (χ4v) is 3.71. The summed E-state index contributed by atoms with van der Waals surface area (Å²) in [5.41, 5.74) is 2.40. The van der Waals surface area contributed by atoms with Gasteiger partial charge in [-0.1, -0.05) is 17.3 Å². The monoisotopic (exact) mass is 368 g/mol. The number of ether oxygens (including phenoxy) is 1. The molecule has 0 spiro atoms. The molecule has 0 fully saturated rings. The molecule has 0 saturated carbocycles. The summed E-state index contributed by atoms with van der Waals surface area (Å²) in [6.45, 7) is 2.06. The van der Waals surface area contributed by atoms with E-state index in [4.69, 9.17) is 11.2 Å². The number of carbonyl (C=O) groups excluding carboxylic acids is 2. The first-order valence-corrected chi connectivity index (χ1v) is 8.50. The van der Waals surface area contributed by atoms with Crippen molar-refractivity contribution < 1.29 is 14.3 Å². The summed E-state index contributed by atoms with van der Waals surface area (Å²) in [5, 5.41) is 4.07. The Hall–Kier alpha value is -3.18. The number of benzene rings is 1. The molecule has 0 aliphatic heterocycles. The van der Waals surface area contributed by atoms with Crippen molar-refractivity contribution in [2.75, 3.05) is 7.11 Å². The Labute approximate surface area is 153 Å². The molecular weight excluding hydrogens is 352 g/mol. The lowest BCUT2D eigenvalue weighted by Gasteiger charge is -2.02. The van der Waals surface area contributed by atoms with Crippen molar-refractivity contribution in [3.63, 3.8) is 0 Å².